The van der Waals surface area contributed by atoms with Gasteiger partial charge in [0, 0.05) is 18.1 Å². The minimum absolute atomic E-state index is 0.0682. The number of aryl methyl sites for hydroxylation is 2. The number of nitrogens with one attached hydrogen (secondary N) is 1. The van der Waals surface area contributed by atoms with Gasteiger partial charge in [-0.1, -0.05) is 6.07 Å². The van der Waals surface area contributed by atoms with Crippen molar-refractivity contribution in [2.45, 2.75) is 25.8 Å². The van der Waals surface area contributed by atoms with Crippen LogP contribution in [-0.2, 0) is 6.42 Å². The van der Waals surface area contributed by atoms with E-state index in [1.165, 1.54) is 11.1 Å². The lowest BCUT2D eigenvalue weighted by Crippen LogP contribution is -2.27. The SMILES string of the molecule is Cc1cncc(C(=O)NC2CCc3cc(N)ccc32)c1. The van der Waals surface area contributed by atoms with Gasteiger partial charge in [-0.2, -0.15) is 0 Å². The first-order valence-electron chi connectivity index (χ1n) is 6.74. The molecule has 0 bridgehead atoms. The number of hydrogen-bond donors (Lipinski definition) is 2. The van der Waals surface area contributed by atoms with Crippen LogP contribution in [0.25, 0.3) is 0 Å². The third-order valence-electron chi connectivity index (χ3n) is 3.69. The molecule has 1 aromatic carbocycles. The largest absolute Gasteiger partial charge is 0.399 e. The van der Waals surface area contributed by atoms with Crippen molar-refractivity contribution in [3.8, 4) is 0 Å². The van der Waals surface area contributed by atoms with Crippen LogP contribution in [0.15, 0.2) is 36.7 Å². The topological polar surface area (TPSA) is 68.0 Å². The molecule has 4 nitrogen and oxygen atoms in total. The number of benzene rings is 1. The fourth-order valence-corrected chi connectivity index (χ4v) is 2.71. The number of pyridine rings is 1. The van der Waals surface area contributed by atoms with Crippen molar-refractivity contribution in [1.29, 1.82) is 0 Å². The van der Waals surface area contributed by atoms with E-state index < -0.39 is 0 Å². The van der Waals surface area contributed by atoms with Crippen LogP contribution in [0.3, 0.4) is 0 Å². The summed E-state index contributed by atoms with van der Waals surface area (Å²) in [5, 5.41) is 3.08. The van der Waals surface area contributed by atoms with Crippen LogP contribution >= 0.6 is 0 Å². The highest BCUT2D eigenvalue weighted by Gasteiger charge is 2.24. The van der Waals surface area contributed by atoms with E-state index in [1.807, 2.05) is 31.2 Å². The Kier molecular flexibility index (Phi) is 3.14. The molecule has 1 aliphatic rings. The summed E-state index contributed by atoms with van der Waals surface area (Å²) in [5.74, 6) is -0.0733. The van der Waals surface area contributed by atoms with E-state index in [2.05, 4.69) is 10.3 Å². The molecule has 3 N–H and O–H groups in total. The van der Waals surface area contributed by atoms with Gasteiger partial charge in [-0.25, -0.2) is 0 Å². The Morgan fingerprint density at radius 1 is 1.35 bits per heavy atom. The summed E-state index contributed by atoms with van der Waals surface area (Å²) in [5.41, 5.74) is 10.6. The number of hydrogen-bond acceptors (Lipinski definition) is 3. The van der Waals surface area contributed by atoms with Crippen LogP contribution in [0.1, 0.15) is 39.5 Å². The molecule has 0 fully saturated rings. The van der Waals surface area contributed by atoms with Crippen molar-refractivity contribution in [2.24, 2.45) is 0 Å². The number of rotatable bonds is 2. The van der Waals surface area contributed by atoms with Crippen LogP contribution in [0.2, 0.25) is 0 Å². The van der Waals surface area contributed by atoms with Gasteiger partial charge in [0.1, 0.15) is 0 Å². The van der Waals surface area contributed by atoms with E-state index in [4.69, 9.17) is 5.73 Å². The van der Waals surface area contributed by atoms with Crippen LogP contribution in [0.5, 0.6) is 0 Å². The Hall–Kier alpha value is -2.36. The third-order valence-corrected chi connectivity index (χ3v) is 3.69. The Labute approximate surface area is 118 Å². The molecule has 2 aromatic rings. The maximum Gasteiger partial charge on any atom is 0.253 e. The maximum absolute atomic E-state index is 12.3. The summed E-state index contributed by atoms with van der Waals surface area (Å²) >= 11 is 0. The van der Waals surface area contributed by atoms with Gasteiger partial charge in [0.2, 0.25) is 0 Å². The zero-order valence-electron chi connectivity index (χ0n) is 11.4. The number of nitrogens with two attached hydrogens (primary N) is 1. The number of nitrogen functional groups attached to an aromatic ring is 1. The van der Waals surface area contributed by atoms with Gasteiger partial charge < -0.3 is 11.1 Å². The van der Waals surface area contributed by atoms with E-state index in [9.17, 15) is 4.79 Å². The lowest BCUT2D eigenvalue weighted by Gasteiger charge is -2.14. The fraction of sp³-hybridized carbons (Fsp3) is 0.250. The molecule has 0 radical (unpaired) electrons. The quantitative estimate of drug-likeness (QED) is 0.821. The van der Waals surface area contributed by atoms with Crippen molar-refractivity contribution >= 4 is 11.6 Å². The Morgan fingerprint density at radius 3 is 3.00 bits per heavy atom. The molecule has 3 rings (SSSR count). The number of aromatic nitrogens is 1. The zero-order chi connectivity index (χ0) is 14.1. The predicted octanol–water partition coefficient (Wildman–Crippen LogP) is 2.39. The van der Waals surface area contributed by atoms with Crippen molar-refractivity contribution in [1.82, 2.24) is 10.3 Å². The van der Waals surface area contributed by atoms with Gasteiger partial charge in [0.25, 0.3) is 5.91 Å². The van der Waals surface area contributed by atoms with E-state index in [0.717, 1.165) is 24.1 Å². The second-order valence-corrected chi connectivity index (χ2v) is 5.27. The maximum atomic E-state index is 12.3. The van der Waals surface area contributed by atoms with E-state index in [-0.39, 0.29) is 11.9 Å². The molecule has 1 atom stereocenters. The third kappa shape index (κ3) is 2.37. The average Bonchev–Trinajstić information content (AvgIpc) is 2.81. The molecule has 1 unspecified atom stereocenters. The first-order valence-corrected chi connectivity index (χ1v) is 6.74. The van der Waals surface area contributed by atoms with E-state index >= 15 is 0 Å². The minimum Gasteiger partial charge on any atom is -0.399 e. The molecule has 4 heteroatoms. The zero-order valence-corrected chi connectivity index (χ0v) is 11.4. The first-order chi connectivity index (χ1) is 9.63. The second kappa shape index (κ2) is 4.96. The number of anilines is 1. The number of fused-ring (bicyclic) bond motifs is 1. The second-order valence-electron chi connectivity index (χ2n) is 5.27. The van der Waals surface area contributed by atoms with Gasteiger partial charge in [-0.15, -0.1) is 0 Å². The molecule has 1 heterocycles. The van der Waals surface area contributed by atoms with Gasteiger partial charge in [-0.05, 0) is 54.7 Å². The minimum atomic E-state index is -0.0733. The van der Waals surface area contributed by atoms with Crippen molar-refractivity contribution in [3.05, 3.63) is 58.9 Å². The molecule has 0 aliphatic heterocycles. The molecule has 0 saturated heterocycles. The van der Waals surface area contributed by atoms with Crippen LogP contribution < -0.4 is 11.1 Å². The number of carbonyl (C=O) groups excluding carboxylic acids is 1. The number of nitrogens with zero attached hydrogens (tertiary/aromatic N) is 1. The summed E-state index contributed by atoms with van der Waals surface area (Å²) < 4.78 is 0. The monoisotopic (exact) mass is 267 g/mol. The normalized spacial score (nSPS) is 16.8. The van der Waals surface area contributed by atoms with Crippen molar-refractivity contribution in [2.75, 3.05) is 5.73 Å². The molecule has 0 saturated carbocycles. The Morgan fingerprint density at radius 2 is 2.20 bits per heavy atom. The summed E-state index contributed by atoms with van der Waals surface area (Å²) in [4.78, 5) is 16.3. The van der Waals surface area contributed by atoms with Gasteiger partial charge in [0.05, 0.1) is 11.6 Å². The lowest BCUT2D eigenvalue weighted by molar-refractivity contribution is 0.0936. The standard InChI is InChI=1S/C16H17N3O/c1-10-6-12(9-18-8-10)16(20)19-15-5-2-11-7-13(17)3-4-14(11)15/h3-4,6-9,15H,2,5,17H2,1H3,(H,19,20). The van der Waals surface area contributed by atoms with Gasteiger partial charge >= 0.3 is 0 Å². The Balaban J connectivity index is 1.79. The summed E-state index contributed by atoms with van der Waals surface area (Å²) in [7, 11) is 0. The highest BCUT2D eigenvalue weighted by Crippen LogP contribution is 2.32. The smallest absolute Gasteiger partial charge is 0.253 e. The average molecular weight is 267 g/mol. The molecule has 1 aliphatic carbocycles. The lowest BCUT2D eigenvalue weighted by atomic mass is 10.1. The molecular formula is C16H17N3O. The molecule has 1 amide bonds. The molecule has 20 heavy (non-hydrogen) atoms. The number of amides is 1. The van der Waals surface area contributed by atoms with Gasteiger partial charge in [-0.3, -0.25) is 9.78 Å². The summed E-state index contributed by atoms with van der Waals surface area (Å²) in [6.07, 6.45) is 5.22. The van der Waals surface area contributed by atoms with Crippen molar-refractivity contribution < 1.29 is 4.79 Å². The molecular weight excluding hydrogens is 250 g/mol. The molecule has 1 aromatic heterocycles. The summed E-state index contributed by atoms with van der Waals surface area (Å²) in [6, 6.07) is 7.81. The van der Waals surface area contributed by atoms with Crippen molar-refractivity contribution in [3.63, 3.8) is 0 Å². The summed E-state index contributed by atoms with van der Waals surface area (Å²) in [6.45, 7) is 1.93. The first kappa shape index (κ1) is 12.7. The van der Waals surface area contributed by atoms with Gasteiger partial charge in [0.15, 0.2) is 0 Å². The molecule has 0 spiro atoms. The van der Waals surface area contributed by atoms with Crippen LogP contribution in [0, 0.1) is 6.92 Å². The highest BCUT2D eigenvalue weighted by molar-refractivity contribution is 5.94. The Bertz CT molecular complexity index is 667. The number of carbonyl (C=O) groups is 1. The molecule has 102 valence electrons. The fourth-order valence-electron chi connectivity index (χ4n) is 2.71. The van der Waals surface area contributed by atoms with E-state index in [1.54, 1.807) is 12.4 Å². The highest BCUT2D eigenvalue weighted by atomic mass is 16.1. The van der Waals surface area contributed by atoms with Crippen LogP contribution in [-0.4, -0.2) is 10.9 Å². The van der Waals surface area contributed by atoms with E-state index in [0.29, 0.717) is 5.56 Å². The predicted molar refractivity (Wildman–Crippen MR) is 78.4 cm³/mol. The van der Waals surface area contributed by atoms with Crippen LogP contribution in [0.4, 0.5) is 5.69 Å².